The molecule has 0 aliphatic carbocycles. The van der Waals surface area contributed by atoms with Gasteiger partial charge >= 0.3 is 0 Å². The lowest BCUT2D eigenvalue weighted by Gasteiger charge is -2.09. The topological polar surface area (TPSA) is 17.1 Å². The van der Waals surface area contributed by atoms with E-state index in [1.807, 2.05) is 24.3 Å². The van der Waals surface area contributed by atoms with E-state index in [1.54, 1.807) is 11.3 Å². The number of aryl methyl sites for hydroxylation is 1. The Hall–Kier alpha value is -2.97. The quantitative estimate of drug-likeness (QED) is 0.262. The maximum absolute atomic E-state index is 12.7. The van der Waals surface area contributed by atoms with Gasteiger partial charge in [-0.3, -0.25) is 4.79 Å². The second-order valence-corrected chi connectivity index (χ2v) is 9.43. The van der Waals surface area contributed by atoms with Crippen molar-refractivity contribution in [3.8, 4) is 10.4 Å². The molecule has 4 rings (SSSR count). The normalized spacial score (nSPS) is 11.1. The Labute approximate surface area is 189 Å². The highest BCUT2D eigenvalue weighted by molar-refractivity contribution is 7.17. The van der Waals surface area contributed by atoms with Crippen molar-refractivity contribution in [2.24, 2.45) is 0 Å². The van der Waals surface area contributed by atoms with E-state index in [4.69, 9.17) is 0 Å². The Morgan fingerprint density at radius 2 is 1.48 bits per heavy atom. The van der Waals surface area contributed by atoms with Gasteiger partial charge in [-0.1, -0.05) is 92.7 Å². The zero-order valence-corrected chi connectivity index (χ0v) is 19.0. The SMILES string of the molecule is CC(C)c1cccc(Cc2cccc(-c3ccc(C(=O)CCc4ccccc4)s3)c2)c1. The molecule has 0 bridgehead atoms. The van der Waals surface area contributed by atoms with Crippen molar-refractivity contribution in [3.63, 3.8) is 0 Å². The van der Waals surface area contributed by atoms with Crippen molar-refractivity contribution in [1.82, 2.24) is 0 Å². The van der Waals surface area contributed by atoms with Crippen LogP contribution in [-0.4, -0.2) is 5.78 Å². The fourth-order valence-electron chi connectivity index (χ4n) is 3.80. The van der Waals surface area contributed by atoms with Gasteiger partial charge in [-0.25, -0.2) is 0 Å². The first kappa shape index (κ1) is 21.3. The lowest BCUT2D eigenvalue weighted by atomic mass is 9.97. The predicted octanol–water partition coefficient (Wildman–Crippen LogP) is 7.94. The molecule has 0 saturated heterocycles. The third-order valence-corrected chi connectivity index (χ3v) is 6.78. The summed E-state index contributed by atoms with van der Waals surface area (Å²) in [6.07, 6.45) is 2.26. The highest BCUT2D eigenvalue weighted by atomic mass is 32.1. The molecule has 0 saturated carbocycles. The van der Waals surface area contributed by atoms with Crippen molar-refractivity contribution in [2.45, 2.75) is 39.0 Å². The largest absolute Gasteiger partial charge is 0.293 e. The second kappa shape index (κ2) is 9.89. The Bertz CT molecular complexity index is 1150. The van der Waals surface area contributed by atoms with Crippen LogP contribution in [0.15, 0.2) is 91.0 Å². The lowest BCUT2D eigenvalue weighted by molar-refractivity contribution is 0.0986. The monoisotopic (exact) mass is 424 g/mol. The maximum atomic E-state index is 12.7. The fraction of sp³-hybridized carbons (Fsp3) is 0.207. The van der Waals surface area contributed by atoms with Crippen LogP contribution in [-0.2, 0) is 12.8 Å². The van der Waals surface area contributed by atoms with Crippen LogP contribution in [0.1, 0.15) is 58.1 Å². The second-order valence-electron chi connectivity index (χ2n) is 8.35. The van der Waals surface area contributed by atoms with Crippen LogP contribution in [0.2, 0.25) is 0 Å². The van der Waals surface area contributed by atoms with Crippen molar-refractivity contribution in [1.29, 1.82) is 0 Å². The number of ketones is 1. The smallest absolute Gasteiger partial charge is 0.173 e. The summed E-state index contributed by atoms with van der Waals surface area (Å²) in [4.78, 5) is 14.7. The van der Waals surface area contributed by atoms with Gasteiger partial charge in [0, 0.05) is 11.3 Å². The molecule has 0 N–H and O–H groups in total. The van der Waals surface area contributed by atoms with Crippen LogP contribution in [0.4, 0.5) is 0 Å². The fourth-order valence-corrected chi connectivity index (χ4v) is 4.77. The minimum Gasteiger partial charge on any atom is -0.293 e. The van der Waals surface area contributed by atoms with Crippen LogP contribution in [0.3, 0.4) is 0 Å². The zero-order valence-electron chi connectivity index (χ0n) is 18.2. The highest BCUT2D eigenvalue weighted by Gasteiger charge is 2.11. The van der Waals surface area contributed by atoms with Gasteiger partial charge in [0.15, 0.2) is 5.78 Å². The molecule has 0 aliphatic rings. The van der Waals surface area contributed by atoms with Gasteiger partial charge in [-0.05, 0) is 58.7 Å². The summed E-state index contributed by atoms with van der Waals surface area (Å²) < 4.78 is 0. The number of hydrogen-bond acceptors (Lipinski definition) is 2. The number of rotatable bonds is 8. The van der Waals surface area contributed by atoms with E-state index in [0.29, 0.717) is 12.3 Å². The highest BCUT2D eigenvalue weighted by Crippen LogP contribution is 2.30. The third kappa shape index (κ3) is 5.59. The van der Waals surface area contributed by atoms with Gasteiger partial charge in [-0.2, -0.15) is 0 Å². The summed E-state index contributed by atoms with van der Waals surface area (Å²) in [5.41, 5.74) is 6.41. The van der Waals surface area contributed by atoms with E-state index in [9.17, 15) is 4.79 Å². The van der Waals surface area contributed by atoms with Crippen molar-refractivity contribution >= 4 is 17.1 Å². The molecule has 0 spiro atoms. The van der Waals surface area contributed by atoms with Crippen LogP contribution < -0.4 is 0 Å². The van der Waals surface area contributed by atoms with Crippen molar-refractivity contribution in [2.75, 3.05) is 0 Å². The number of carbonyl (C=O) groups is 1. The van der Waals surface area contributed by atoms with E-state index in [0.717, 1.165) is 22.6 Å². The van der Waals surface area contributed by atoms with Gasteiger partial charge in [0.1, 0.15) is 0 Å². The predicted molar refractivity (Wildman–Crippen MR) is 132 cm³/mol. The van der Waals surface area contributed by atoms with E-state index in [1.165, 1.54) is 27.8 Å². The molecular weight excluding hydrogens is 396 g/mol. The lowest BCUT2D eigenvalue weighted by Crippen LogP contribution is -1.98. The standard InChI is InChI=1S/C29H28OS/c1-21(2)25-12-6-10-23(19-25)18-24-11-7-13-26(20-24)28-16-17-29(31-28)27(30)15-14-22-8-4-3-5-9-22/h3-13,16-17,19-21H,14-15,18H2,1-2H3. The molecule has 2 heteroatoms. The molecule has 156 valence electrons. The van der Waals surface area contributed by atoms with Gasteiger partial charge in [-0.15, -0.1) is 11.3 Å². The molecule has 0 aliphatic heterocycles. The Morgan fingerprint density at radius 1 is 0.774 bits per heavy atom. The van der Waals surface area contributed by atoms with Crippen molar-refractivity contribution < 1.29 is 4.79 Å². The molecule has 0 radical (unpaired) electrons. The number of thiophene rings is 1. The first-order valence-corrected chi connectivity index (χ1v) is 11.8. The molecule has 1 aromatic heterocycles. The average Bonchev–Trinajstić information content (AvgIpc) is 3.29. The number of benzene rings is 3. The molecule has 31 heavy (non-hydrogen) atoms. The molecule has 3 aromatic carbocycles. The summed E-state index contributed by atoms with van der Waals surface area (Å²) >= 11 is 1.60. The number of carbonyl (C=O) groups excluding carboxylic acids is 1. The molecule has 0 atom stereocenters. The van der Waals surface area contributed by atoms with Crippen LogP contribution in [0, 0.1) is 0 Å². The van der Waals surface area contributed by atoms with Crippen LogP contribution in [0.25, 0.3) is 10.4 Å². The molecule has 4 aromatic rings. The first-order valence-electron chi connectivity index (χ1n) is 10.9. The van der Waals surface area contributed by atoms with Gasteiger partial charge in [0.25, 0.3) is 0 Å². The van der Waals surface area contributed by atoms with E-state index >= 15 is 0 Å². The van der Waals surface area contributed by atoms with E-state index in [2.05, 4.69) is 80.6 Å². The van der Waals surface area contributed by atoms with E-state index < -0.39 is 0 Å². The molecule has 1 nitrogen and oxygen atoms in total. The summed E-state index contributed by atoms with van der Waals surface area (Å²) in [6.45, 7) is 4.46. The Balaban J connectivity index is 1.45. The summed E-state index contributed by atoms with van der Waals surface area (Å²) in [7, 11) is 0. The number of hydrogen-bond donors (Lipinski definition) is 0. The molecular formula is C29H28OS. The first-order chi connectivity index (χ1) is 15.1. The van der Waals surface area contributed by atoms with E-state index in [-0.39, 0.29) is 5.78 Å². The van der Waals surface area contributed by atoms with Crippen molar-refractivity contribution in [3.05, 3.63) is 118 Å². The van der Waals surface area contributed by atoms with Gasteiger partial charge < -0.3 is 0 Å². The van der Waals surface area contributed by atoms with Crippen LogP contribution in [0.5, 0.6) is 0 Å². The molecule has 0 amide bonds. The minimum atomic E-state index is 0.224. The Kier molecular flexibility index (Phi) is 6.79. The Morgan fingerprint density at radius 3 is 2.26 bits per heavy atom. The zero-order chi connectivity index (χ0) is 21.6. The molecule has 1 heterocycles. The molecule has 0 unspecified atom stereocenters. The summed E-state index contributed by atoms with van der Waals surface area (Å²) in [6, 6.07) is 31.8. The average molecular weight is 425 g/mol. The maximum Gasteiger partial charge on any atom is 0.173 e. The summed E-state index contributed by atoms with van der Waals surface area (Å²) in [5, 5.41) is 0. The summed E-state index contributed by atoms with van der Waals surface area (Å²) in [5.74, 6) is 0.761. The van der Waals surface area contributed by atoms with Gasteiger partial charge in [0.2, 0.25) is 0 Å². The molecule has 0 fully saturated rings. The third-order valence-electron chi connectivity index (χ3n) is 5.60. The minimum absolute atomic E-state index is 0.224. The van der Waals surface area contributed by atoms with Crippen LogP contribution >= 0.6 is 11.3 Å². The van der Waals surface area contributed by atoms with Gasteiger partial charge in [0.05, 0.1) is 4.88 Å². The number of Topliss-reactive ketones (excluding diaryl/α,β-unsaturated/α-hetero) is 1.